The molecular weight excluding hydrogens is 236 g/mol. The molecule has 2 aromatic rings. The van der Waals surface area contributed by atoms with Gasteiger partial charge < -0.3 is 10.1 Å². The average Bonchev–Trinajstić information content (AvgIpc) is 2.30. The molecule has 0 fully saturated rings. The van der Waals surface area contributed by atoms with Gasteiger partial charge in [-0.1, -0.05) is 13.3 Å². The van der Waals surface area contributed by atoms with Crippen LogP contribution in [0.25, 0.3) is 10.9 Å². The zero-order chi connectivity index (χ0) is 12.4. The van der Waals surface area contributed by atoms with E-state index in [1.54, 1.807) is 10.6 Å². The average molecular weight is 250 g/mol. The van der Waals surface area contributed by atoms with E-state index in [4.69, 9.17) is 12.2 Å². The number of phenols is 1. The van der Waals surface area contributed by atoms with E-state index in [0.717, 1.165) is 12.8 Å². The first-order valence-electron chi connectivity index (χ1n) is 5.59. The molecule has 0 saturated heterocycles. The van der Waals surface area contributed by atoms with Crippen molar-refractivity contribution in [3.05, 3.63) is 33.3 Å². The van der Waals surface area contributed by atoms with Crippen LogP contribution in [0.1, 0.15) is 19.8 Å². The molecule has 0 aliphatic carbocycles. The largest absolute Gasteiger partial charge is 0.508 e. The van der Waals surface area contributed by atoms with E-state index in [1.807, 2.05) is 0 Å². The quantitative estimate of drug-likeness (QED) is 0.823. The van der Waals surface area contributed by atoms with Crippen LogP contribution in [0.3, 0.4) is 0 Å². The number of rotatable bonds is 3. The number of unbranched alkanes of at least 4 members (excludes halogenated alkanes) is 1. The van der Waals surface area contributed by atoms with Gasteiger partial charge in [-0.15, -0.1) is 0 Å². The summed E-state index contributed by atoms with van der Waals surface area (Å²) in [5.41, 5.74) is 0.513. The van der Waals surface area contributed by atoms with Gasteiger partial charge in [0.2, 0.25) is 0 Å². The molecule has 0 atom stereocenters. The molecule has 1 aromatic carbocycles. The second-order valence-corrected chi connectivity index (χ2v) is 4.36. The number of aromatic amines is 1. The van der Waals surface area contributed by atoms with Crippen LogP contribution in [0.15, 0.2) is 23.0 Å². The van der Waals surface area contributed by atoms with E-state index in [1.165, 1.54) is 12.1 Å². The van der Waals surface area contributed by atoms with E-state index < -0.39 is 0 Å². The maximum Gasteiger partial charge on any atom is 0.262 e. The van der Waals surface area contributed by atoms with Gasteiger partial charge in [0.05, 0.1) is 10.9 Å². The number of fused-ring (bicyclic) bond motifs is 1. The molecular formula is C12H14N2O2S. The molecule has 5 heteroatoms. The van der Waals surface area contributed by atoms with Crippen LogP contribution in [-0.2, 0) is 6.54 Å². The van der Waals surface area contributed by atoms with Gasteiger partial charge in [0.1, 0.15) is 5.75 Å². The van der Waals surface area contributed by atoms with Crippen LogP contribution in [0.5, 0.6) is 5.75 Å². The molecule has 4 nitrogen and oxygen atoms in total. The van der Waals surface area contributed by atoms with Crippen LogP contribution in [0.2, 0.25) is 0 Å². The van der Waals surface area contributed by atoms with Crippen molar-refractivity contribution < 1.29 is 5.11 Å². The van der Waals surface area contributed by atoms with Gasteiger partial charge in [-0.05, 0) is 36.8 Å². The molecule has 0 spiro atoms. The first-order chi connectivity index (χ1) is 8.13. The molecule has 0 amide bonds. The first kappa shape index (κ1) is 11.9. The van der Waals surface area contributed by atoms with Crippen LogP contribution in [0.4, 0.5) is 0 Å². The fourth-order valence-electron chi connectivity index (χ4n) is 1.76. The predicted octanol–water partition coefficient (Wildman–Crippen LogP) is 2.56. The number of nitrogens with one attached hydrogen (secondary N) is 1. The molecule has 0 saturated carbocycles. The van der Waals surface area contributed by atoms with Crippen LogP contribution < -0.4 is 5.56 Å². The number of phenolic OH excluding ortho intramolecular Hbond substituents is 1. The number of aromatic hydroxyl groups is 1. The number of benzene rings is 1. The number of hydrogen-bond acceptors (Lipinski definition) is 3. The molecule has 0 bridgehead atoms. The lowest BCUT2D eigenvalue weighted by Crippen LogP contribution is -2.22. The lowest BCUT2D eigenvalue weighted by atomic mass is 10.2. The summed E-state index contributed by atoms with van der Waals surface area (Å²) in [5, 5.41) is 9.87. The topological polar surface area (TPSA) is 58.0 Å². The Labute approximate surface area is 104 Å². The SMILES string of the molecule is CCCCn1c(=S)[nH]c2ccc(O)cc2c1=O. The summed E-state index contributed by atoms with van der Waals surface area (Å²) in [6.45, 7) is 2.67. The van der Waals surface area contributed by atoms with Gasteiger partial charge in [-0.3, -0.25) is 9.36 Å². The number of H-pyrrole nitrogens is 1. The van der Waals surface area contributed by atoms with Crippen molar-refractivity contribution in [2.24, 2.45) is 0 Å². The highest BCUT2D eigenvalue weighted by Gasteiger charge is 2.05. The summed E-state index contributed by atoms with van der Waals surface area (Å²) in [7, 11) is 0. The van der Waals surface area contributed by atoms with Crippen molar-refractivity contribution in [1.29, 1.82) is 0 Å². The molecule has 0 unspecified atom stereocenters. The van der Waals surface area contributed by atoms with Crippen molar-refractivity contribution in [3.63, 3.8) is 0 Å². The maximum absolute atomic E-state index is 12.2. The Morgan fingerprint density at radius 2 is 2.24 bits per heavy atom. The molecule has 1 heterocycles. The van der Waals surface area contributed by atoms with Crippen LogP contribution >= 0.6 is 12.2 Å². The summed E-state index contributed by atoms with van der Waals surface area (Å²) in [5.74, 6) is 0.0853. The summed E-state index contributed by atoms with van der Waals surface area (Å²) in [6, 6.07) is 4.65. The van der Waals surface area contributed by atoms with Crippen molar-refractivity contribution in [1.82, 2.24) is 9.55 Å². The monoisotopic (exact) mass is 250 g/mol. The Bertz CT molecular complexity index is 658. The maximum atomic E-state index is 12.2. The van der Waals surface area contributed by atoms with Crippen LogP contribution in [0, 0.1) is 4.77 Å². The van der Waals surface area contributed by atoms with Gasteiger partial charge in [0.25, 0.3) is 5.56 Å². The number of nitrogens with zero attached hydrogens (tertiary/aromatic N) is 1. The lowest BCUT2D eigenvalue weighted by Gasteiger charge is -2.07. The van der Waals surface area contributed by atoms with Crippen molar-refractivity contribution in [2.45, 2.75) is 26.3 Å². The molecule has 0 radical (unpaired) electrons. The van der Waals surface area contributed by atoms with E-state index in [-0.39, 0.29) is 11.3 Å². The third-order valence-corrected chi connectivity index (χ3v) is 3.02. The second-order valence-electron chi connectivity index (χ2n) is 3.97. The fourth-order valence-corrected chi connectivity index (χ4v) is 2.04. The molecule has 0 aliphatic rings. The summed E-state index contributed by atoms with van der Waals surface area (Å²) in [4.78, 5) is 15.2. The fraction of sp³-hybridized carbons (Fsp3) is 0.333. The molecule has 0 aliphatic heterocycles. The lowest BCUT2D eigenvalue weighted by molar-refractivity contribution is 0.476. The third-order valence-electron chi connectivity index (χ3n) is 2.70. The van der Waals surface area contributed by atoms with E-state index in [9.17, 15) is 9.90 Å². The third kappa shape index (κ3) is 2.24. The molecule has 90 valence electrons. The minimum atomic E-state index is -0.145. The smallest absolute Gasteiger partial charge is 0.262 e. The standard InChI is InChI=1S/C12H14N2O2S/c1-2-3-6-14-11(16)9-7-8(15)4-5-10(9)13-12(14)17/h4-5,7,15H,2-3,6H2,1H3,(H,13,17). The van der Waals surface area contributed by atoms with Gasteiger partial charge in [0.15, 0.2) is 4.77 Å². The highest BCUT2D eigenvalue weighted by atomic mass is 32.1. The zero-order valence-electron chi connectivity index (χ0n) is 9.56. The number of aromatic nitrogens is 2. The Morgan fingerprint density at radius 1 is 1.47 bits per heavy atom. The minimum absolute atomic E-state index is 0.0853. The van der Waals surface area contributed by atoms with E-state index >= 15 is 0 Å². The summed E-state index contributed by atoms with van der Waals surface area (Å²) < 4.78 is 1.97. The van der Waals surface area contributed by atoms with Gasteiger partial charge >= 0.3 is 0 Å². The minimum Gasteiger partial charge on any atom is -0.508 e. The molecule has 17 heavy (non-hydrogen) atoms. The second kappa shape index (κ2) is 4.71. The van der Waals surface area contributed by atoms with E-state index in [0.29, 0.717) is 22.2 Å². The number of hydrogen-bond donors (Lipinski definition) is 2. The Balaban J connectivity index is 2.69. The van der Waals surface area contributed by atoms with Crippen LogP contribution in [-0.4, -0.2) is 14.7 Å². The molecule has 2 N–H and O–H groups in total. The van der Waals surface area contributed by atoms with Crippen molar-refractivity contribution in [3.8, 4) is 5.75 Å². The Hall–Kier alpha value is -1.62. The predicted molar refractivity (Wildman–Crippen MR) is 70.0 cm³/mol. The van der Waals surface area contributed by atoms with E-state index in [2.05, 4.69) is 11.9 Å². The van der Waals surface area contributed by atoms with Gasteiger partial charge in [-0.2, -0.15) is 0 Å². The zero-order valence-corrected chi connectivity index (χ0v) is 10.4. The highest BCUT2D eigenvalue weighted by molar-refractivity contribution is 7.71. The molecule has 2 rings (SSSR count). The van der Waals surface area contributed by atoms with Crippen molar-refractivity contribution >= 4 is 23.1 Å². The van der Waals surface area contributed by atoms with Gasteiger partial charge in [-0.25, -0.2) is 0 Å². The Morgan fingerprint density at radius 3 is 2.94 bits per heavy atom. The van der Waals surface area contributed by atoms with Crippen molar-refractivity contribution in [2.75, 3.05) is 0 Å². The first-order valence-corrected chi connectivity index (χ1v) is 6.00. The molecule has 1 aromatic heterocycles. The van der Waals surface area contributed by atoms with Gasteiger partial charge in [0, 0.05) is 6.54 Å². The normalized spacial score (nSPS) is 10.9. The Kier molecular flexibility index (Phi) is 3.28. The summed E-state index contributed by atoms with van der Waals surface area (Å²) in [6.07, 6.45) is 1.90. The highest BCUT2D eigenvalue weighted by Crippen LogP contribution is 2.14. The summed E-state index contributed by atoms with van der Waals surface area (Å²) >= 11 is 5.16.